The predicted molar refractivity (Wildman–Crippen MR) is 110 cm³/mol. The first-order valence-electron chi connectivity index (χ1n) is 9.92. The van der Waals surface area contributed by atoms with Crippen LogP contribution in [0.5, 0.6) is 0 Å². The highest BCUT2D eigenvalue weighted by Gasteiger charge is 2.61. The second-order valence-corrected chi connectivity index (χ2v) is 7.40. The molecule has 2 aliphatic heterocycles. The number of nitrogens with zero attached hydrogens (tertiary/aromatic N) is 3. The summed E-state index contributed by atoms with van der Waals surface area (Å²) in [5, 5.41) is 8.93. The maximum absolute atomic E-state index is 13.5. The van der Waals surface area contributed by atoms with Crippen molar-refractivity contribution in [2.24, 2.45) is 0 Å². The number of carbonyl (C=O) groups is 3. The third-order valence-electron chi connectivity index (χ3n) is 5.67. The number of hydrogen-bond donors (Lipinski definition) is 0. The Labute approximate surface area is 179 Å². The molecule has 0 aliphatic carbocycles. The fraction of sp³-hybridized carbons (Fsp3) is 0.304. The molecule has 0 aromatic heterocycles. The molecule has 8 heteroatoms. The van der Waals surface area contributed by atoms with E-state index in [1.54, 1.807) is 48.5 Å². The maximum atomic E-state index is 13.5. The van der Waals surface area contributed by atoms with Gasteiger partial charge < -0.3 is 14.4 Å². The lowest BCUT2D eigenvalue weighted by molar-refractivity contribution is -0.159. The van der Waals surface area contributed by atoms with Crippen molar-refractivity contribution in [3.8, 4) is 6.07 Å². The molecule has 0 unspecified atom stereocenters. The minimum absolute atomic E-state index is 0.0394. The van der Waals surface area contributed by atoms with Gasteiger partial charge in [0, 0.05) is 26.5 Å². The Morgan fingerprint density at radius 2 is 1.90 bits per heavy atom. The van der Waals surface area contributed by atoms with Gasteiger partial charge in [-0.25, -0.2) is 4.79 Å². The Morgan fingerprint density at radius 3 is 2.61 bits per heavy atom. The average Bonchev–Trinajstić information content (AvgIpc) is 3.16. The molecule has 2 aromatic carbocycles. The van der Waals surface area contributed by atoms with Gasteiger partial charge in [-0.1, -0.05) is 24.3 Å². The molecule has 2 aromatic rings. The van der Waals surface area contributed by atoms with E-state index in [2.05, 4.69) is 0 Å². The molecule has 2 amide bonds. The summed E-state index contributed by atoms with van der Waals surface area (Å²) in [5.74, 6) is -1.24. The van der Waals surface area contributed by atoms with Gasteiger partial charge in [-0.3, -0.25) is 14.5 Å². The van der Waals surface area contributed by atoms with E-state index in [9.17, 15) is 14.4 Å². The Bertz CT molecular complexity index is 1080. The molecule has 0 spiro atoms. The summed E-state index contributed by atoms with van der Waals surface area (Å²) >= 11 is 0. The van der Waals surface area contributed by atoms with Crippen LogP contribution < -0.4 is 4.90 Å². The van der Waals surface area contributed by atoms with E-state index >= 15 is 0 Å². The van der Waals surface area contributed by atoms with Gasteiger partial charge >= 0.3 is 5.97 Å². The second kappa shape index (κ2) is 8.20. The minimum Gasteiger partial charge on any atom is -0.458 e. The standard InChI is InChI=1S/C23H21N3O5/c1-30-13-12-25-21(28)18-4-2-3-5-19(18)26-20(27)10-11-23(25,26)22(29)31-15-17-8-6-16(14-24)7-9-17/h2-9H,10-13,15H2,1H3/t23-/m0/s1. The molecule has 0 saturated carbocycles. The number of anilines is 1. The van der Waals surface area contributed by atoms with Crippen molar-refractivity contribution >= 4 is 23.5 Å². The van der Waals surface area contributed by atoms with Crippen molar-refractivity contribution < 1.29 is 23.9 Å². The van der Waals surface area contributed by atoms with E-state index in [1.165, 1.54) is 16.9 Å². The first-order chi connectivity index (χ1) is 15.0. The van der Waals surface area contributed by atoms with Crippen molar-refractivity contribution in [1.29, 1.82) is 5.26 Å². The Hall–Kier alpha value is -3.70. The van der Waals surface area contributed by atoms with Crippen molar-refractivity contribution in [3.05, 3.63) is 65.2 Å². The number of nitriles is 1. The number of fused-ring (bicyclic) bond motifs is 3. The molecule has 158 valence electrons. The van der Waals surface area contributed by atoms with Crippen LogP contribution in [0.15, 0.2) is 48.5 Å². The first kappa shape index (κ1) is 20.6. The van der Waals surface area contributed by atoms with Crippen molar-refractivity contribution in [3.63, 3.8) is 0 Å². The maximum Gasteiger partial charge on any atom is 0.354 e. The summed E-state index contributed by atoms with van der Waals surface area (Å²) in [6.07, 6.45) is 0.263. The summed E-state index contributed by atoms with van der Waals surface area (Å²) in [4.78, 5) is 42.5. The number of ether oxygens (including phenoxy) is 2. The molecule has 31 heavy (non-hydrogen) atoms. The van der Waals surface area contributed by atoms with Crippen LogP contribution in [0.4, 0.5) is 5.69 Å². The first-order valence-corrected chi connectivity index (χ1v) is 9.92. The number of carbonyl (C=O) groups excluding carboxylic acids is 3. The van der Waals surface area contributed by atoms with Crippen LogP contribution in [0.25, 0.3) is 0 Å². The third kappa shape index (κ3) is 3.33. The van der Waals surface area contributed by atoms with Crippen LogP contribution in [0.1, 0.15) is 34.3 Å². The number of para-hydroxylation sites is 1. The highest BCUT2D eigenvalue weighted by Crippen LogP contribution is 2.45. The zero-order valence-corrected chi connectivity index (χ0v) is 17.0. The van der Waals surface area contributed by atoms with Crippen molar-refractivity contribution in [2.45, 2.75) is 25.1 Å². The molecule has 2 heterocycles. The number of amides is 2. The van der Waals surface area contributed by atoms with Gasteiger partial charge in [0.25, 0.3) is 5.91 Å². The fourth-order valence-electron chi connectivity index (χ4n) is 4.18. The summed E-state index contributed by atoms with van der Waals surface area (Å²) in [6, 6.07) is 15.5. The van der Waals surface area contributed by atoms with E-state index in [0.29, 0.717) is 22.4 Å². The molecular weight excluding hydrogens is 398 g/mol. The van der Waals surface area contributed by atoms with Crippen LogP contribution in [0, 0.1) is 11.3 Å². The lowest BCUT2D eigenvalue weighted by atomic mass is 9.96. The fourth-order valence-corrected chi connectivity index (χ4v) is 4.18. The van der Waals surface area contributed by atoms with Gasteiger partial charge in [0.15, 0.2) is 0 Å². The Balaban J connectivity index is 1.70. The smallest absolute Gasteiger partial charge is 0.354 e. The number of rotatable bonds is 6. The summed E-state index contributed by atoms with van der Waals surface area (Å²) in [7, 11) is 1.51. The highest BCUT2D eigenvalue weighted by molar-refractivity contribution is 6.15. The molecular formula is C23H21N3O5. The monoisotopic (exact) mass is 419 g/mol. The quantitative estimate of drug-likeness (QED) is 0.666. The van der Waals surface area contributed by atoms with Crippen molar-refractivity contribution in [1.82, 2.24) is 4.90 Å². The van der Waals surface area contributed by atoms with Crippen LogP contribution in [0.3, 0.4) is 0 Å². The zero-order chi connectivity index (χ0) is 22.0. The Morgan fingerprint density at radius 1 is 1.16 bits per heavy atom. The molecule has 1 saturated heterocycles. The Kier molecular flexibility index (Phi) is 5.44. The molecule has 4 rings (SSSR count). The molecule has 0 N–H and O–H groups in total. The van der Waals surface area contributed by atoms with E-state index in [-0.39, 0.29) is 44.4 Å². The van der Waals surface area contributed by atoms with Gasteiger partial charge in [-0.2, -0.15) is 5.26 Å². The largest absolute Gasteiger partial charge is 0.458 e. The van der Waals surface area contributed by atoms with E-state index in [0.717, 1.165) is 0 Å². The molecule has 2 aliphatic rings. The summed E-state index contributed by atoms with van der Waals surface area (Å²) in [5.41, 5.74) is 0.434. The van der Waals surface area contributed by atoms with E-state index in [1.807, 2.05) is 6.07 Å². The van der Waals surface area contributed by atoms with Crippen LogP contribution in [0.2, 0.25) is 0 Å². The second-order valence-electron chi connectivity index (χ2n) is 7.40. The van der Waals surface area contributed by atoms with Crippen LogP contribution >= 0.6 is 0 Å². The van der Waals surface area contributed by atoms with Gasteiger partial charge in [0.1, 0.15) is 6.61 Å². The lowest BCUT2D eigenvalue weighted by Crippen LogP contribution is -2.68. The number of benzene rings is 2. The summed E-state index contributed by atoms with van der Waals surface area (Å²) in [6.45, 7) is 0.308. The minimum atomic E-state index is -1.55. The molecule has 1 fully saturated rings. The molecule has 0 bridgehead atoms. The lowest BCUT2D eigenvalue weighted by Gasteiger charge is -2.48. The van der Waals surface area contributed by atoms with Gasteiger partial charge in [-0.15, -0.1) is 0 Å². The van der Waals surface area contributed by atoms with E-state index in [4.69, 9.17) is 14.7 Å². The van der Waals surface area contributed by atoms with Gasteiger partial charge in [0.2, 0.25) is 11.6 Å². The normalized spacial score (nSPS) is 19.6. The number of methoxy groups -OCH3 is 1. The van der Waals surface area contributed by atoms with Gasteiger partial charge in [-0.05, 0) is 29.8 Å². The highest BCUT2D eigenvalue weighted by atomic mass is 16.5. The number of hydrogen-bond acceptors (Lipinski definition) is 6. The average molecular weight is 419 g/mol. The summed E-state index contributed by atoms with van der Waals surface area (Å²) < 4.78 is 10.8. The zero-order valence-electron chi connectivity index (χ0n) is 17.0. The SMILES string of the molecule is COCCN1C(=O)c2ccccc2N2C(=O)CC[C@]12C(=O)OCc1ccc(C#N)cc1. The van der Waals surface area contributed by atoms with Gasteiger partial charge in [0.05, 0.1) is 29.5 Å². The third-order valence-corrected chi connectivity index (χ3v) is 5.67. The van der Waals surface area contributed by atoms with E-state index < -0.39 is 11.6 Å². The van der Waals surface area contributed by atoms with Crippen LogP contribution in [-0.4, -0.2) is 48.6 Å². The van der Waals surface area contributed by atoms with Crippen molar-refractivity contribution in [2.75, 3.05) is 25.2 Å². The topological polar surface area (TPSA) is 99.9 Å². The van der Waals surface area contributed by atoms with Crippen LogP contribution in [-0.2, 0) is 25.7 Å². The number of esters is 1. The molecule has 8 nitrogen and oxygen atoms in total. The predicted octanol–water partition coefficient (Wildman–Crippen LogP) is 2.23. The molecule has 0 radical (unpaired) electrons. The molecule has 1 atom stereocenters.